The fourth-order valence-corrected chi connectivity index (χ4v) is 3.52. The highest BCUT2D eigenvalue weighted by Crippen LogP contribution is 2.29. The SMILES string of the molecule is CC(NCc1cccc(CO)c1)c1cc2ccccc2s1. The van der Waals surface area contributed by atoms with Gasteiger partial charge in [0.05, 0.1) is 6.61 Å². The van der Waals surface area contributed by atoms with Crippen molar-refractivity contribution in [3.8, 4) is 0 Å². The first kappa shape index (κ1) is 14.3. The van der Waals surface area contributed by atoms with Gasteiger partial charge in [-0.25, -0.2) is 0 Å². The van der Waals surface area contributed by atoms with Crippen molar-refractivity contribution >= 4 is 21.4 Å². The van der Waals surface area contributed by atoms with Gasteiger partial charge >= 0.3 is 0 Å². The van der Waals surface area contributed by atoms with Crippen LogP contribution in [0.3, 0.4) is 0 Å². The number of hydrogen-bond acceptors (Lipinski definition) is 3. The van der Waals surface area contributed by atoms with Crippen molar-refractivity contribution in [1.29, 1.82) is 0 Å². The van der Waals surface area contributed by atoms with Gasteiger partial charge in [0.15, 0.2) is 0 Å². The molecule has 0 aliphatic heterocycles. The van der Waals surface area contributed by atoms with Gasteiger partial charge in [-0.2, -0.15) is 0 Å². The molecule has 0 spiro atoms. The summed E-state index contributed by atoms with van der Waals surface area (Å²) in [6.07, 6.45) is 0. The molecule has 3 aromatic rings. The number of aliphatic hydroxyl groups is 1. The first-order valence-electron chi connectivity index (χ1n) is 7.17. The molecule has 1 aromatic heterocycles. The summed E-state index contributed by atoms with van der Waals surface area (Å²) in [7, 11) is 0. The quantitative estimate of drug-likeness (QED) is 0.738. The van der Waals surface area contributed by atoms with E-state index in [-0.39, 0.29) is 6.61 Å². The van der Waals surface area contributed by atoms with Crippen LogP contribution < -0.4 is 5.32 Å². The van der Waals surface area contributed by atoms with E-state index in [0.717, 1.165) is 12.1 Å². The Labute approximate surface area is 129 Å². The molecule has 0 fully saturated rings. The van der Waals surface area contributed by atoms with Gasteiger partial charge in [-0.15, -0.1) is 11.3 Å². The maximum atomic E-state index is 9.18. The van der Waals surface area contributed by atoms with Crippen molar-refractivity contribution in [2.24, 2.45) is 0 Å². The molecule has 3 heteroatoms. The average molecular weight is 297 g/mol. The van der Waals surface area contributed by atoms with Gasteiger partial charge in [-0.1, -0.05) is 42.5 Å². The van der Waals surface area contributed by atoms with E-state index in [4.69, 9.17) is 0 Å². The standard InChI is InChI=1S/C18H19NOS/c1-13(18-10-16-7-2-3-8-17(16)21-18)19-11-14-5-4-6-15(9-14)12-20/h2-10,13,19-20H,11-12H2,1H3. The van der Waals surface area contributed by atoms with E-state index in [1.807, 2.05) is 29.5 Å². The highest BCUT2D eigenvalue weighted by molar-refractivity contribution is 7.19. The zero-order chi connectivity index (χ0) is 14.7. The lowest BCUT2D eigenvalue weighted by Gasteiger charge is -2.12. The van der Waals surface area contributed by atoms with Crippen LogP contribution >= 0.6 is 11.3 Å². The molecular formula is C18H19NOS. The molecule has 2 N–H and O–H groups in total. The second-order valence-corrected chi connectivity index (χ2v) is 6.38. The number of thiophene rings is 1. The summed E-state index contributed by atoms with van der Waals surface area (Å²) in [5.74, 6) is 0. The first-order chi connectivity index (χ1) is 10.3. The fourth-order valence-electron chi connectivity index (χ4n) is 2.43. The Hall–Kier alpha value is -1.68. The second-order valence-electron chi connectivity index (χ2n) is 5.27. The molecule has 108 valence electrons. The number of aliphatic hydroxyl groups excluding tert-OH is 1. The summed E-state index contributed by atoms with van der Waals surface area (Å²) in [6, 6.07) is 19.1. The van der Waals surface area contributed by atoms with E-state index in [2.05, 4.69) is 48.6 Å². The minimum Gasteiger partial charge on any atom is -0.392 e. The van der Waals surface area contributed by atoms with E-state index in [0.29, 0.717) is 6.04 Å². The van der Waals surface area contributed by atoms with Gasteiger partial charge in [0, 0.05) is 22.2 Å². The maximum Gasteiger partial charge on any atom is 0.0681 e. The predicted octanol–water partition coefficient (Wildman–Crippen LogP) is 4.24. The third-order valence-corrected chi connectivity index (χ3v) is 4.96. The first-order valence-corrected chi connectivity index (χ1v) is 7.98. The van der Waals surface area contributed by atoms with Crippen molar-refractivity contribution in [3.05, 3.63) is 70.6 Å². The summed E-state index contributed by atoms with van der Waals surface area (Å²) < 4.78 is 1.34. The number of benzene rings is 2. The van der Waals surface area contributed by atoms with Crippen LogP contribution in [0.1, 0.15) is 29.0 Å². The van der Waals surface area contributed by atoms with Crippen molar-refractivity contribution in [3.63, 3.8) is 0 Å². The van der Waals surface area contributed by atoms with Crippen LogP contribution in [0.2, 0.25) is 0 Å². The molecule has 21 heavy (non-hydrogen) atoms. The fraction of sp³-hybridized carbons (Fsp3) is 0.222. The summed E-state index contributed by atoms with van der Waals surface area (Å²) in [5.41, 5.74) is 2.17. The lowest BCUT2D eigenvalue weighted by Crippen LogP contribution is -2.17. The highest BCUT2D eigenvalue weighted by Gasteiger charge is 2.09. The second kappa shape index (κ2) is 6.39. The van der Waals surface area contributed by atoms with Gasteiger partial charge in [0.2, 0.25) is 0 Å². The molecule has 0 saturated carbocycles. The van der Waals surface area contributed by atoms with Crippen molar-refractivity contribution in [1.82, 2.24) is 5.32 Å². The number of hydrogen-bond donors (Lipinski definition) is 2. The van der Waals surface area contributed by atoms with Crippen LogP contribution in [-0.4, -0.2) is 5.11 Å². The highest BCUT2D eigenvalue weighted by atomic mass is 32.1. The Balaban J connectivity index is 1.69. The molecule has 0 saturated heterocycles. The Morgan fingerprint density at radius 3 is 2.67 bits per heavy atom. The Morgan fingerprint density at radius 2 is 1.86 bits per heavy atom. The van der Waals surface area contributed by atoms with Crippen molar-refractivity contribution < 1.29 is 5.11 Å². The monoisotopic (exact) mass is 297 g/mol. The minimum absolute atomic E-state index is 0.0969. The van der Waals surface area contributed by atoms with Gasteiger partial charge < -0.3 is 10.4 Å². The predicted molar refractivity (Wildman–Crippen MR) is 89.4 cm³/mol. The van der Waals surface area contributed by atoms with Crippen LogP contribution in [0.5, 0.6) is 0 Å². The van der Waals surface area contributed by atoms with E-state index in [9.17, 15) is 5.11 Å². The zero-order valence-electron chi connectivity index (χ0n) is 12.0. The van der Waals surface area contributed by atoms with Crippen LogP contribution in [-0.2, 0) is 13.2 Å². The van der Waals surface area contributed by atoms with Crippen LogP contribution in [0.15, 0.2) is 54.6 Å². The Morgan fingerprint density at radius 1 is 1.05 bits per heavy atom. The molecule has 0 amide bonds. The number of nitrogens with one attached hydrogen (secondary N) is 1. The molecule has 1 heterocycles. The molecule has 0 radical (unpaired) electrons. The number of fused-ring (bicyclic) bond motifs is 1. The molecule has 1 atom stereocenters. The van der Waals surface area contributed by atoms with Crippen LogP contribution in [0, 0.1) is 0 Å². The lowest BCUT2D eigenvalue weighted by molar-refractivity contribution is 0.281. The van der Waals surface area contributed by atoms with E-state index >= 15 is 0 Å². The van der Waals surface area contributed by atoms with Crippen LogP contribution in [0.4, 0.5) is 0 Å². The largest absolute Gasteiger partial charge is 0.392 e. The average Bonchev–Trinajstić information content (AvgIpc) is 2.97. The minimum atomic E-state index is 0.0969. The third kappa shape index (κ3) is 3.32. The third-order valence-electron chi connectivity index (χ3n) is 3.66. The summed E-state index contributed by atoms with van der Waals surface area (Å²) in [5, 5.41) is 14.0. The molecule has 0 aliphatic carbocycles. The topological polar surface area (TPSA) is 32.3 Å². The molecule has 0 bridgehead atoms. The van der Waals surface area contributed by atoms with Gasteiger partial charge in [-0.3, -0.25) is 0 Å². The van der Waals surface area contributed by atoms with Crippen LogP contribution in [0.25, 0.3) is 10.1 Å². The molecule has 1 unspecified atom stereocenters. The van der Waals surface area contributed by atoms with E-state index in [1.54, 1.807) is 0 Å². The van der Waals surface area contributed by atoms with Gasteiger partial charge in [-0.05, 0) is 35.6 Å². The molecule has 2 nitrogen and oxygen atoms in total. The summed E-state index contributed by atoms with van der Waals surface area (Å²) in [4.78, 5) is 1.36. The zero-order valence-corrected chi connectivity index (χ0v) is 12.9. The van der Waals surface area contributed by atoms with Crippen molar-refractivity contribution in [2.45, 2.75) is 26.1 Å². The maximum absolute atomic E-state index is 9.18. The molecular weight excluding hydrogens is 278 g/mol. The molecule has 2 aromatic carbocycles. The summed E-state index contributed by atoms with van der Waals surface area (Å²) >= 11 is 1.85. The van der Waals surface area contributed by atoms with Gasteiger partial charge in [0.25, 0.3) is 0 Å². The normalized spacial score (nSPS) is 12.7. The Kier molecular flexibility index (Phi) is 4.34. The van der Waals surface area contributed by atoms with E-state index < -0.39 is 0 Å². The summed E-state index contributed by atoms with van der Waals surface area (Å²) in [6.45, 7) is 3.10. The van der Waals surface area contributed by atoms with E-state index in [1.165, 1.54) is 20.5 Å². The lowest BCUT2D eigenvalue weighted by atomic mass is 10.1. The van der Waals surface area contributed by atoms with Gasteiger partial charge in [0.1, 0.15) is 0 Å². The number of rotatable bonds is 5. The molecule has 3 rings (SSSR count). The smallest absolute Gasteiger partial charge is 0.0681 e. The Bertz CT molecular complexity index is 702. The molecule has 0 aliphatic rings. The van der Waals surface area contributed by atoms with Crippen molar-refractivity contribution in [2.75, 3.05) is 0 Å².